The van der Waals surface area contributed by atoms with Crippen LogP contribution < -0.4 is 0 Å². The molecule has 0 saturated heterocycles. The van der Waals surface area contributed by atoms with E-state index in [-0.39, 0.29) is 12.2 Å². The number of ether oxygens (including phenoxy) is 3. The van der Waals surface area contributed by atoms with Gasteiger partial charge in [-0.25, -0.2) is 4.79 Å². The molecule has 0 radical (unpaired) electrons. The lowest BCUT2D eigenvalue weighted by atomic mass is 9.89. The Bertz CT molecular complexity index is 693. The highest BCUT2D eigenvalue weighted by molar-refractivity contribution is 5.98. The molecule has 0 bridgehead atoms. The first kappa shape index (κ1) is 18.4. The van der Waals surface area contributed by atoms with Crippen LogP contribution in [0.5, 0.6) is 0 Å². The van der Waals surface area contributed by atoms with E-state index < -0.39 is 41.8 Å². The van der Waals surface area contributed by atoms with E-state index in [4.69, 9.17) is 14.2 Å². The van der Waals surface area contributed by atoms with Crippen molar-refractivity contribution in [2.24, 2.45) is 5.92 Å². The van der Waals surface area contributed by atoms with Gasteiger partial charge in [0.2, 0.25) is 6.10 Å². The summed E-state index contributed by atoms with van der Waals surface area (Å²) in [5, 5.41) is 0. The Labute approximate surface area is 144 Å². The maximum absolute atomic E-state index is 12.2. The van der Waals surface area contributed by atoms with Crippen molar-refractivity contribution in [3.05, 3.63) is 48.0 Å². The Hall–Kier alpha value is -2.96. The quantitative estimate of drug-likeness (QED) is 0.588. The minimum Gasteiger partial charge on any atom is -0.465 e. The fraction of sp³-hybridized carbons (Fsp3) is 0.333. The van der Waals surface area contributed by atoms with Gasteiger partial charge in [0.05, 0.1) is 11.5 Å². The predicted octanol–water partition coefficient (Wildman–Crippen LogP) is 1.46. The number of benzene rings is 1. The summed E-state index contributed by atoms with van der Waals surface area (Å²) in [6.45, 7) is 2.32. The molecule has 1 aromatic rings. The average Bonchev–Trinajstić information content (AvgIpc) is 2.57. The summed E-state index contributed by atoms with van der Waals surface area (Å²) in [5.74, 6) is -2.96. The molecule has 0 amide bonds. The van der Waals surface area contributed by atoms with E-state index in [1.54, 1.807) is 30.3 Å². The third-order valence-electron chi connectivity index (χ3n) is 3.53. The summed E-state index contributed by atoms with van der Waals surface area (Å²) in [4.78, 5) is 46.8. The highest BCUT2D eigenvalue weighted by Gasteiger charge is 2.41. The molecule has 2 rings (SSSR count). The maximum Gasteiger partial charge on any atom is 0.338 e. The Kier molecular flexibility index (Phi) is 6.05. The van der Waals surface area contributed by atoms with Gasteiger partial charge in [0.15, 0.2) is 11.9 Å². The van der Waals surface area contributed by atoms with Gasteiger partial charge < -0.3 is 14.2 Å². The van der Waals surface area contributed by atoms with Crippen LogP contribution in [-0.2, 0) is 28.6 Å². The molecule has 1 aliphatic carbocycles. The molecule has 0 N–H and O–H groups in total. The van der Waals surface area contributed by atoms with Crippen LogP contribution in [-0.4, -0.2) is 42.5 Å². The van der Waals surface area contributed by atoms with E-state index in [1.807, 2.05) is 0 Å². The Morgan fingerprint density at radius 3 is 2.28 bits per heavy atom. The molecule has 3 atom stereocenters. The predicted molar refractivity (Wildman–Crippen MR) is 85.5 cm³/mol. The van der Waals surface area contributed by atoms with Crippen LogP contribution in [0.4, 0.5) is 0 Å². The lowest BCUT2D eigenvalue weighted by Crippen LogP contribution is -2.48. The smallest absolute Gasteiger partial charge is 0.338 e. The van der Waals surface area contributed by atoms with Crippen LogP contribution in [0.2, 0.25) is 0 Å². The molecule has 1 aliphatic rings. The SMILES string of the molecule is CC(=O)OC[C@H]1C=CC(=O)[C@@H](OC(=O)c2ccccc2)[C@@H]1OC(C)=O. The number of carbonyl (C=O) groups is 4. The molecule has 132 valence electrons. The van der Waals surface area contributed by atoms with Gasteiger partial charge in [-0.15, -0.1) is 0 Å². The first-order chi connectivity index (χ1) is 11.9. The molecule has 7 heteroatoms. The van der Waals surface area contributed by atoms with E-state index in [2.05, 4.69) is 0 Å². The van der Waals surface area contributed by atoms with Crippen LogP contribution in [0.15, 0.2) is 42.5 Å². The summed E-state index contributed by atoms with van der Waals surface area (Å²) in [5.41, 5.74) is 0.267. The van der Waals surface area contributed by atoms with E-state index in [0.29, 0.717) is 0 Å². The number of ketones is 1. The van der Waals surface area contributed by atoms with Crippen molar-refractivity contribution in [1.82, 2.24) is 0 Å². The summed E-state index contributed by atoms with van der Waals surface area (Å²) in [6, 6.07) is 8.14. The molecule has 0 saturated carbocycles. The highest BCUT2D eigenvalue weighted by atomic mass is 16.6. The Morgan fingerprint density at radius 2 is 1.68 bits per heavy atom. The van der Waals surface area contributed by atoms with E-state index >= 15 is 0 Å². The van der Waals surface area contributed by atoms with Gasteiger partial charge in [0.1, 0.15) is 6.61 Å². The number of esters is 3. The summed E-state index contributed by atoms with van der Waals surface area (Å²) in [6.07, 6.45) is 0.340. The number of hydrogen-bond acceptors (Lipinski definition) is 7. The van der Waals surface area contributed by atoms with Gasteiger partial charge in [0, 0.05) is 13.8 Å². The zero-order chi connectivity index (χ0) is 18.4. The molecular formula is C18H18O7. The summed E-state index contributed by atoms with van der Waals surface area (Å²) >= 11 is 0. The number of carbonyl (C=O) groups excluding carboxylic acids is 4. The van der Waals surface area contributed by atoms with Crippen LogP contribution in [0.3, 0.4) is 0 Å². The average molecular weight is 346 g/mol. The second kappa shape index (κ2) is 8.23. The third kappa shape index (κ3) is 5.00. The van der Waals surface area contributed by atoms with Crippen molar-refractivity contribution in [3.8, 4) is 0 Å². The Balaban J connectivity index is 2.21. The monoisotopic (exact) mass is 346 g/mol. The molecular weight excluding hydrogens is 328 g/mol. The maximum atomic E-state index is 12.2. The molecule has 0 aromatic heterocycles. The van der Waals surface area contributed by atoms with E-state index in [1.165, 1.54) is 26.0 Å². The van der Waals surface area contributed by atoms with Crippen LogP contribution in [0, 0.1) is 5.92 Å². The van der Waals surface area contributed by atoms with Crippen molar-refractivity contribution >= 4 is 23.7 Å². The van der Waals surface area contributed by atoms with Crippen molar-refractivity contribution in [1.29, 1.82) is 0 Å². The largest absolute Gasteiger partial charge is 0.465 e. The van der Waals surface area contributed by atoms with Gasteiger partial charge >= 0.3 is 17.9 Å². The van der Waals surface area contributed by atoms with Gasteiger partial charge in [0.25, 0.3) is 0 Å². The third-order valence-corrected chi connectivity index (χ3v) is 3.53. The van der Waals surface area contributed by atoms with Crippen molar-refractivity contribution in [2.75, 3.05) is 6.61 Å². The summed E-state index contributed by atoms with van der Waals surface area (Å²) < 4.78 is 15.4. The minimum absolute atomic E-state index is 0.101. The highest BCUT2D eigenvalue weighted by Crippen LogP contribution is 2.24. The molecule has 0 fully saturated rings. The first-order valence-corrected chi connectivity index (χ1v) is 7.67. The number of hydrogen-bond donors (Lipinski definition) is 0. The topological polar surface area (TPSA) is 96.0 Å². The second-order valence-electron chi connectivity index (χ2n) is 5.49. The molecule has 0 spiro atoms. The van der Waals surface area contributed by atoms with E-state index in [0.717, 1.165) is 0 Å². The lowest BCUT2D eigenvalue weighted by molar-refractivity contribution is -0.162. The van der Waals surface area contributed by atoms with E-state index in [9.17, 15) is 19.2 Å². The fourth-order valence-electron chi connectivity index (χ4n) is 2.40. The van der Waals surface area contributed by atoms with Gasteiger partial charge in [-0.3, -0.25) is 14.4 Å². The minimum atomic E-state index is -1.30. The Morgan fingerprint density at radius 1 is 1.00 bits per heavy atom. The molecule has 0 unspecified atom stereocenters. The molecule has 1 aromatic carbocycles. The molecule has 25 heavy (non-hydrogen) atoms. The van der Waals surface area contributed by atoms with Crippen molar-refractivity contribution in [2.45, 2.75) is 26.1 Å². The van der Waals surface area contributed by atoms with Gasteiger partial charge in [-0.2, -0.15) is 0 Å². The second-order valence-corrected chi connectivity index (χ2v) is 5.49. The zero-order valence-electron chi connectivity index (χ0n) is 13.8. The van der Waals surface area contributed by atoms with Gasteiger partial charge in [-0.1, -0.05) is 24.3 Å². The van der Waals surface area contributed by atoms with Crippen molar-refractivity contribution < 1.29 is 33.4 Å². The van der Waals surface area contributed by atoms with Crippen molar-refractivity contribution in [3.63, 3.8) is 0 Å². The van der Waals surface area contributed by atoms with Crippen LogP contribution in [0.1, 0.15) is 24.2 Å². The van der Waals surface area contributed by atoms with Crippen LogP contribution in [0.25, 0.3) is 0 Å². The molecule has 7 nitrogen and oxygen atoms in total. The lowest BCUT2D eigenvalue weighted by Gasteiger charge is -2.32. The zero-order valence-corrected chi connectivity index (χ0v) is 13.8. The summed E-state index contributed by atoms with van der Waals surface area (Å²) in [7, 11) is 0. The molecule has 0 heterocycles. The number of rotatable bonds is 5. The molecule has 0 aliphatic heterocycles. The first-order valence-electron chi connectivity index (χ1n) is 7.67. The normalized spacial score (nSPS) is 22.2. The fourth-order valence-corrected chi connectivity index (χ4v) is 2.40. The van der Waals surface area contributed by atoms with Gasteiger partial charge in [-0.05, 0) is 18.2 Å². The van der Waals surface area contributed by atoms with Crippen LogP contribution >= 0.6 is 0 Å². The standard InChI is InChI=1S/C18H18O7/c1-11(19)23-10-14-8-9-15(21)17(16(14)24-12(2)20)25-18(22)13-6-4-3-5-7-13/h3-9,14,16-17H,10H2,1-2H3/t14-,16-,17-/m1/s1.